The molecule has 0 bridgehead atoms. The van der Waals surface area contributed by atoms with E-state index in [1.165, 1.54) is 6.07 Å². The Bertz CT molecular complexity index is 572. The number of piperidine rings is 1. The molecule has 7 heteroatoms. The molecule has 1 unspecified atom stereocenters. The third kappa shape index (κ3) is 3.40. The highest BCUT2D eigenvalue weighted by molar-refractivity contribution is 5.65. The van der Waals surface area contributed by atoms with Crippen LogP contribution < -0.4 is 4.90 Å². The molecule has 0 spiro atoms. The molecule has 1 aliphatic heterocycles. The van der Waals surface area contributed by atoms with Gasteiger partial charge in [-0.15, -0.1) is 6.58 Å². The summed E-state index contributed by atoms with van der Waals surface area (Å²) in [4.78, 5) is 12.3. The predicted octanol–water partition coefficient (Wildman–Crippen LogP) is 4.55. The number of nitro benzene ring substituents is 1. The molecule has 1 aromatic rings. The van der Waals surface area contributed by atoms with Crippen molar-refractivity contribution in [1.82, 2.24) is 0 Å². The fourth-order valence-corrected chi connectivity index (χ4v) is 2.84. The number of anilines is 1. The largest absolute Gasteiger partial charge is 0.416 e. The molecular weight excluding hydrogens is 297 g/mol. The third-order valence-corrected chi connectivity index (χ3v) is 3.87. The molecule has 0 radical (unpaired) electrons. The topological polar surface area (TPSA) is 46.4 Å². The van der Waals surface area contributed by atoms with Crippen molar-refractivity contribution < 1.29 is 18.1 Å². The molecule has 1 aromatic carbocycles. The molecule has 120 valence electrons. The molecule has 2 rings (SSSR count). The van der Waals surface area contributed by atoms with Crippen molar-refractivity contribution in [3.63, 3.8) is 0 Å². The van der Waals surface area contributed by atoms with Crippen LogP contribution in [-0.2, 0) is 6.18 Å². The van der Waals surface area contributed by atoms with Crippen molar-refractivity contribution in [2.45, 2.75) is 37.9 Å². The minimum atomic E-state index is -4.59. The highest BCUT2D eigenvalue weighted by Gasteiger charge is 2.35. The van der Waals surface area contributed by atoms with Crippen LogP contribution in [0.5, 0.6) is 0 Å². The van der Waals surface area contributed by atoms with Crippen LogP contribution in [0.3, 0.4) is 0 Å². The van der Waals surface area contributed by atoms with Crippen molar-refractivity contribution >= 4 is 11.4 Å². The summed E-state index contributed by atoms with van der Waals surface area (Å²) in [5, 5.41) is 11.2. The number of nitro groups is 1. The van der Waals surface area contributed by atoms with E-state index in [-0.39, 0.29) is 11.7 Å². The van der Waals surface area contributed by atoms with Gasteiger partial charge in [0.15, 0.2) is 0 Å². The molecule has 0 aromatic heterocycles. The Labute approximate surface area is 126 Å². The fourth-order valence-electron chi connectivity index (χ4n) is 2.84. The average molecular weight is 314 g/mol. The lowest BCUT2D eigenvalue weighted by atomic mass is 9.97. The Hall–Kier alpha value is -2.05. The minimum Gasteiger partial charge on any atom is -0.363 e. The maximum Gasteiger partial charge on any atom is 0.416 e. The van der Waals surface area contributed by atoms with Crippen LogP contribution in [0.2, 0.25) is 0 Å². The predicted molar refractivity (Wildman–Crippen MR) is 77.9 cm³/mol. The molecule has 0 saturated carbocycles. The van der Waals surface area contributed by atoms with Gasteiger partial charge in [-0.2, -0.15) is 13.2 Å². The number of rotatable bonds is 4. The molecular formula is C15H17F3N2O2. The first-order chi connectivity index (χ1) is 10.3. The van der Waals surface area contributed by atoms with E-state index in [2.05, 4.69) is 6.58 Å². The average Bonchev–Trinajstić information content (AvgIpc) is 2.46. The molecule has 0 amide bonds. The summed E-state index contributed by atoms with van der Waals surface area (Å²) >= 11 is 0. The zero-order chi connectivity index (χ0) is 16.3. The maximum absolute atomic E-state index is 12.8. The van der Waals surface area contributed by atoms with Crippen LogP contribution in [-0.4, -0.2) is 17.5 Å². The Morgan fingerprint density at radius 2 is 2.14 bits per heavy atom. The lowest BCUT2D eigenvalue weighted by Gasteiger charge is -2.36. The van der Waals surface area contributed by atoms with Crippen molar-refractivity contribution in [1.29, 1.82) is 0 Å². The molecule has 22 heavy (non-hydrogen) atoms. The first-order valence-electron chi connectivity index (χ1n) is 7.07. The summed E-state index contributed by atoms with van der Waals surface area (Å²) in [6, 6.07) is 2.78. The summed E-state index contributed by atoms with van der Waals surface area (Å²) < 4.78 is 38.3. The molecule has 1 aliphatic rings. The number of halogens is 3. The van der Waals surface area contributed by atoms with E-state index < -0.39 is 22.4 Å². The van der Waals surface area contributed by atoms with Crippen LogP contribution in [0.4, 0.5) is 24.5 Å². The van der Waals surface area contributed by atoms with Gasteiger partial charge in [-0.3, -0.25) is 10.1 Å². The summed E-state index contributed by atoms with van der Waals surface area (Å²) in [5.41, 5.74) is -1.24. The van der Waals surface area contributed by atoms with Crippen LogP contribution >= 0.6 is 0 Å². The number of hydrogen-bond donors (Lipinski definition) is 0. The van der Waals surface area contributed by atoms with Gasteiger partial charge in [0, 0.05) is 18.7 Å². The second kappa shape index (κ2) is 6.37. The van der Waals surface area contributed by atoms with E-state index in [1.54, 1.807) is 6.08 Å². The Morgan fingerprint density at radius 1 is 1.41 bits per heavy atom. The van der Waals surface area contributed by atoms with Gasteiger partial charge in [0.1, 0.15) is 5.69 Å². The summed E-state index contributed by atoms with van der Waals surface area (Å²) in [6.45, 7) is 4.28. The van der Waals surface area contributed by atoms with Crippen molar-refractivity contribution in [3.05, 3.63) is 46.5 Å². The molecule has 1 saturated heterocycles. The van der Waals surface area contributed by atoms with Gasteiger partial charge in [0.05, 0.1) is 10.5 Å². The van der Waals surface area contributed by atoms with Gasteiger partial charge in [-0.25, -0.2) is 0 Å². The number of nitrogens with zero attached hydrogens (tertiary/aromatic N) is 2. The van der Waals surface area contributed by atoms with E-state index >= 15 is 0 Å². The second-order valence-electron chi connectivity index (χ2n) is 5.33. The SMILES string of the molecule is C=CCC1CCCCN1c1ccc(C(F)(F)F)cc1[N+](=O)[O-]. The molecule has 0 N–H and O–H groups in total. The molecule has 4 nitrogen and oxygen atoms in total. The highest BCUT2D eigenvalue weighted by Crippen LogP contribution is 2.38. The monoisotopic (exact) mass is 314 g/mol. The zero-order valence-electron chi connectivity index (χ0n) is 12.0. The number of hydrogen-bond acceptors (Lipinski definition) is 3. The van der Waals surface area contributed by atoms with Crippen molar-refractivity contribution in [3.8, 4) is 0 Å². The summed E-state index contributed by atoms with van der Waals surface area (Å²) in [7, 11) is 0. The Kier molecular flexibility index (Phi) is 4.73. The number of benzene rings is 1. The summed E-state index contributed by atoms with van der Waals surface area (Å²) in [6.07, 6.45) is 0.516. The Morgan fingerprint density at radius 3 is 2.73 bits per heavy atom. The van der Waals surface area contributed by atoms with Crippen LogP contribution in [0, 0.1) is 10.1 Å². The highest BCUT2D eigenvalue weighted by atomic mass is 19.4. The van der Waals surface area contributed by atoms with Gasteiger partial charge >= 0.3 is 6.18 Å². The van der Waals surface area contributed by atoms with E-state index in [0.717, 1.165) is 25.3 Å². The van der Waals surface area contributed by atoms with Gasteiger partial charge < -0.3 is 4.90 Å². The Balaban J connectivity index is 2.44. The van der Waals surface area contributed by atoms with Gasteiger partial charge in [-0.1, -0.05) is 6.08 Å². The minimum absolute atomic E-state index is 0.0432. The van der Waals surface area contributed by atoms with Gasteiger partial charge in [-0.05, 0) is 37.8 Å². The lowest BCUT2D eigenvalue weighted by Crippen LogP contribution is -2.39. The molecule has 1 atom stereocenters. The lowest BCUT2D eigenvalue weighted by molar-refractivity contribution is -0.384. The fraction of sp³-hybridized carbons (Fsp3) is 0.467. The summed E-state index contributed by atoms with van der Waals surface area (Å²) in [5.74, 6) is 0. The van der Waals surface area contributed by atoms with Gasteiger partial charge in [0.2, 0.25) is 0 Å². The normalized spacial score (nSPS) is 19.0. The van der Waals surface area contributed by atoms with Gasteiger partial charge in [0.25, 0.3) is 5.69 Å². The van der Waals surface area contributed by atoms with Crippen LogP contribution in [0.25, 0.3) is 0 Å². The standard InChI is InChI=1S/C15H17F3N2O2/c1-2-5-12-6-3-4-9-19(12)13-8-7-11(15(16,17)18)10-14(13)20(21)22/h2,7-8,10,12H,1,3-6,9H2. The third-order valence-electron chi connectivity index (χ3n) is 3.87. The molecule has 1 fully saturated rings. The van der Waals surface area contributed by atoms with E-state index in [0.29, 0.717) is 19.0 Å². The molecule has 0 aliphatic carbocycles. The van der Waals surface area contributed by atoms with Crippen molar-refractivity contribution in [2.75, 3.05) is 11.4 Å². The van der Waals surface area contributed by atoms with Crippen LogP contribution in [0.1, 0.15) is 31.2 Å². The second-order valence-corrected chi connectivity index (χ2v) is 5.33. The first-order valence-corrected chi connectivity index (χ1v) is 7.07. The first kappa shape index (κ1) is 16.3. The molecule has 1 heterocycles. The van der Waals surface area contributed by atoms with E-state index in [4.69, 9.17) is 0 Å². The number of alkyl halides is 3. The van der Waals surface area contributed by atoms with Crippen molar-refractivity contribution in [2.24, 2.45) is 0 Å². The van der Waals surface area contributed by atoms with E-state index in [1.807, 2.05) is 4.90 Å². The zero-order valence-corrected chi connectivity index (χ0v) is 12.0. The quantitative estimate of drug-likeness (QED) is 0.465. The van der Waals surface area contributed by atoms with Crippen LogP contribution in [0.15, 0.2) is 30.9 Å². The van der Waals surface area contributed by atoms with E-state index in [9.17, 15) is 23.3 Å². The smallest absolute Gasteiger partial charge is 0.363 e. The maximum atomic E-state index is 12.8.